The fraction of sp³-hybridized carbons (Fsp3) is 0.417. The van der Waals surface area contributed by atoms with E-state index in [0.29, 0.717) is 5.76 Å². The van der Waals surface area contributed by atoms with Crippen molar-refractivity contribution in [2.75, 3.05) is 6.54 Å². The minimum absolute atomic E-state index is 0.268. The van der Waals surface area contributed by atoms with Crippen LogP contribution in [0, 0.1) is 5.92 Å². The van der Waals surface area contributed by atoms with Gasteiger partial charge < -0.3 is 5.11 Å². The maximum absolute atomic E-state index is 9.52. The van der Waals surface area contributed by atoms with Crippen LogP contribution >= 0.6 is 0 Å². The molecule has 1 unspecified atom stereocenters. The first-order valence-corrected chi connectivity index (χ1v) is 5.00. The second-order valence-corrected chi connectivity index (χ2v) is 3.43. The third-order valence-corrected chi connectivity index (χ3v) is 2.01. The van der Waals surface area contributed by atoms with Crippen LogP contribution in [0.2, 0.25) is 0 Å². The highest BCUT2D eigenvalue weighted by Gasteiger charge is 1.96. The molecule has 1 aliphatic heterocycles. The number of hydrogen-bond acceptors (Lipinski definition) is 2. The fourth-order valence-corrected chi connectivity index (χ4v) is 1.27. The van der Waals surface area contributed by atoms with Crippen molar-refractivity contribution in [2.45, 2.75) is 19.8 Å². The molecule has 0 spiro atoms. The van der Waals surface area contributed by atoms with Gasteiger partial charge in [0.2, 0.25) is 0 Å². The van der Waals surface area contributed by atoms with Gasteiger partial charge in [-0.2, -0.15) is 0 Å². The highest BCUT2D eigenvalue weighted by atomic mass is 16.3. The quantitative estimate of drug-likeness (QED) is 0.586. The van der Waals surface area contributed by atoms with Gasteiger partial charge in [-0.15, -0.1) is 0 Å². The van der Waals surface area contributed by atoms with Crippen molar-refractivity contribution in [3.05, 3.63) is 36.1 Å². The van der Waals surface area contributed by atoms with E-state index in [9.17, 15) is 5.11 Å². The first-order valence-electron chi connectivity index (χ1n) is 5.00. The lowest BCUT2D eigenvalue weighted by atomic mass is 10.1. The van der Waals surface area contributed by atoms with E-state index in [-0.39, 0.29) is 5.92 Å². The van der Waals surface area contributed by atoms with Crippen LogP contribution in [0.25, 0.3) is 0 Å². The standard InChI is InChI=1S/C12H17NO/c1-11-6-5-9-13-8-4-2-3-7-12(14)10-11/h2,4-6,9-11,14H,3,7-8H2,1H3/b4-2-,6-5-,12-10+,13-9?. The number of aliphatic imine (C=N–C) groups is 1. The van der Waals surface area contributed by atoms with E-state index in [2.05, 4.69) is 11.1 Å². The van der Waals surface area contributed by atoms with Crippen LogP contribution in [0.5, 0.6) is 0 Å². The zero-order chi connectivity index (χ0) is 10.2. The minimum Gasteiger partial charge on any atom is -0.513 e. The van der Waals surface area contributed by atoms with Crippen molar-refractivity contribution in [3.63, 3.8) is 0 Å². The van der Waals surface area contributed by atoms with Crippen LogP contribution in [-0.2, 0) is 0 Å². The Morgan fingerprint density at radius 2 is 2.29 bits per heavy atom. The highest BCUT2D eigenvalue weighted by Crippen LogP contribution is 2.08. The molecule has 1 heterocycles. The zero-order valence-electron chi connectivity index (χ0n) is 8.56. The summed E-state index contributed by atoms with van der Waals surface area (Å²) in [5.41, 5.74) is 0. The number of rotatable bonds is 0. The summed E-state index contributed by atoms with van der Waals surface area (Å²) >= 11 is 0. The van der Waals surface area contributed by atoms with Gasteiger partial charge in [0, 0.05) is 12.6 Å². The Morgan fingerprint density at radius 1 is 1.43 bits per heavy atom. The van der Waals surface area contributed by atoms with Crippen molar-refractivity contribution in [1.29, 1.82) is 0 Å². The Hall–Kier alpha value is -1.31. The number of aliphatic hydroxyl groups excluding tert-OH is 1. The van der Waals surface area contributed by atoms with Crippen molar-refractivity contribution >= 4 is 6.21 Å². The van der Waals surface area contributed by atoms with Crippen LogP contribution in [0.3, 0.4) is 0 Å². The molecule has 1 N–H and O–H groups in total. The first-order chi connectivity index (χ1) is 6.79. The molecule has 0 saturated carbocycles. The van der Waals surface area contributed by atoms with Crippen LogP contribution in [-0.4, -0.2) is 17.9 Å². The van der Waals surface area contributed by atoms with E-state index < -0.39 is 0 Å². The fourth-order valence-electron chi connectivity index (χ4n) is 1.27. The molecule has 76 valence electrons. The van der Waals surface area contributed by atoms with E-state index >= 15 is 0 Å². The highest BCUT2D eigenvalue weighted by molar-refractivity contribution is 5.71. The molecular weight excluding hydrogens is 174 g/mol. The number of hydrogen-bond donors (Lipinski definition) is 1. The second kappa shape index (κ2) is 6.19. The van der Waals surface area contributed by atoms with Crippen LogP contribution in [0.4, 0.5) is 0 Å². The second-order valence-electron chi connectivity index (χ2n) is 3.43. The molecule has 0 radical (unpaired) electrons. The molecule has 1 rings (SSSR count). The average molecular weight is 191 g/mol. The van der Waals surface area contributed by atoms with Gasteiger partial charge >= 0.3 is 0 Å². The number of allylic oxidation sites excluding steroid dienone is 5. The molecule has 0 saturated heterocycles. The molecule has 1 atom stereocenters. The van der Waals surface area contributed by atoms with E-state index in [0.717, 1.165) is 19.4 Å². The summed E-state index contributed by atoms with van der Waals surface area (Å²) in [6.45, 7) is 2.77. The van der Waals surface area contributed by atoms with Crippen molar-refractivity contribution in [2.24, 2.45) is 10.9 Å². The Kier molecular flexibility index (Phi) is 4.76. The topological polar surface area (TPSA) is 32.6 Å². The van der Waals surface area contributed by atoms with Gasteiger partial charge in [-0.1, -0.05) is 25.2 Å². The third kappa shape index (κ3) is 4.65. The predicted octanol–water partition coefficient (Wildman–Crippen LogP) is 3.04. The van der Waals surface area contributed by atoms with E-state index in [1.54, 1.807) is 6.21 Å². The van der Waals surface area contributed by atoms with E-state index in [4.69, 9.17) is 0 Å². The van der Waals surface area contributed by atoms with Gasteiger partial charge in [0.1, 0.15) is 0 Å². The maximum Gasteiger partial charge on any atom is 0.0891 e. The third-order valence-electron chi connectivity index (χ3n) is 2.01. The smallest absolute Gasteiger partial charge is 0.0891 e. The summed E-state index contributed by atoms with van der Waals surface area (Å²) in [7, 11) is 0. The van der Waals surface area contributed by atoms with E-state index in [1.807, 2.05) is 31.2 Å². The Bertz CT molecular complexity index is 274. The molecule has 14 heavy (non-hydrogen) atoms. The predicted molar refractivity (Wildman–Crippen MR) is 60.7 cm³/mol. The minimum atomic E-state index is 0.268. The summed E-state index contributed by atoms with van der Waals surface area (Å²) in [4.78, 5) is 4.18. The van der Waals surface area contributed by atoms with Crippen molar-refractivity contribution in [3.8, 4) is 0 Å². The molecule has 0 fully saturated rings. The SMILES string of the molecule is CC1/C=C\C=NC/C=C\CC/C(O)=C\1. The lowest BCUT2D eigenvalue weighted by molar-refractivity contribution is 0.384. The molecule has 0 aromatic rings. The van der Waals surface area contributed by atoms with Crippen LogP contribution < -0.4 is 0 Å². The van der Waals surface area contributed by atoms with Crippen molar-refractivity contribution < 1.29 is 5.11 Å². The molecule has 0 bridgehead atoms. The van der Waals surface area contributed by atoms with Gasteiger partial charge in [0.05, 0.1) is 12.3 Å². The van der Waals surface area contributed by atoms with Crippen molar-refractivity contribution in [1.82, 2.24) is 0 Å². The summed E-state index contributed by atoms with van der Waals surface area (Å²) in [6, 6.07) is 0. The monoisotopic (exact) mass is 191 g/mol. The normalized spacial score (nSPS) is 32.1. The molecule has 0 aromatic carbocycles. The first kappa shape index (κ1) is 10.8. The molecule has 2 heteroatoms. The molecule has 1 aliphatic rings. The van der Waals surface area contributed by atoms with Crippen LogP contribution in [0.1, 0.15) is 19.8 Å². The molecule has 2 nitrogen and oxygen atoms in total. The lowest BCUT2D eigenvalue weighted by Gasteiger charge is -2.01. The lowest BCUT2D eigenvalue weighted by Crippen LogP contribution is -1.89. The molecule has 0 aromatic heterocycles. The van der Waals surface area contributed by atoms with Gasteiger partial charge in [0.25, 0.3) is 0 Å². The zero-order valence-corrected chi connectivity index (χ0v) is 8.56. The Labute approximate surface area is 85.4 Å². The summed E-state index contributed by atoms with van der Waals surface area (Å²) in [6.07, 6.45) is 13.3. The molecule has 0 amide bonds. The molecule has 0 aliphatic carbocycles. The van der Waals surface area contributed by atoms with E-state index in [1.165, 1.54) is 0 Å². The van der Waals surface area contributed by atoms with Gasteiger partial charge in [-0.05, 0) is 24.5 Å². The largest absolute Gasteiger partial charge is 0.513 e. The average Bonchev–Trinajstić information content (AvgIpc) is 2.13. The molecular formula is C12H17NO. The summed E-state index contributed by atoms with van der Waals surface area (Å²) in [5.74, 6) is 0.745. The number of nitrogens with zero attached hydrogens (tertiary/aromatic N) is 1. The van der Waals surface area contributed by atoms with Gasteiger partial charge in [0.15, 0.2) is 0 Å². The maximum atomic E-state index is 9.52. The van der Waals surface area contributed by atoms with Gasteiger partial charge in [-0.25, -0.2) is 0 Å². The summed E-state index contributed by atoms with van der Waals surface area (Å²) in [5, 5.41) is 9.52. The number of aliphatic hydroxyl groups is 1. The van der Waals surface area contributed by atoms with Gasteiger partial charge in [-0.3, -0.25) is 4.99 Å². The Balaban J connectivity index is 2.65. The van der Waals surface area contributed by atoms with Crippen LogP contribution in [0.15, 0.2) is 41.1 Å². The Morgan fingerprint density at radius 3 is 3.14 bits per heavy atom. The summed E-state index contributed by atoms with van der Waals surface area (Å²) < 4.78 is 0.